The number of carboxylic acids is 1. The predicted molar refractivity (Wildman–Crippen MR) is 75.0 cm³/mol. The first-order valence-corrected chi connectivity index (χ1v) is 6.24. The molecule has 2 aromatic carbocycles. The Kier molecular flexibility index (Phi) is 2.53. The van der Waals surface area contributed by atoms with E-state index in [2.05, 4.69) is 0 Å². The van der Waals surface area contributed by atoms with E-state index >= 15 is 0 Å². The van der Waals surface area contributed by atoms with Crippen LogP contribution in [-0.4, -0.2) is 11.1 Å². The molecule has 1 atom stereocenters. The molecule has 0 saturated carbocycles. The monoisotopic (exact) mass is 250 g/mol. The van der Waals surface area contributed by atoms with Crippen molar-refractivity contribution in [2.75, 3.05) is 0 Å². The lowest BCUT2D eigenvalue weighted by molar-refractivity contribution is -0.141. The third kappa shape index (κ3) is 1.68. The zero-order valence-electron chi connectivity index (χ0n) is 10.6. The average Bonchev–Trinajstić information content (AvgIpc) is 2.76. The molecule has 0 saturated heterocycles. The van der Waals surface area contributed by atoms with Gasteiger partial charge in [-0.05, 0) is 29.2 Å². The molecular weight excluding hydrogens is 236 g/mol. The quantitative estimate of drug-likeness (QED) is 0.886. The van der Waals surface area contributed by atoms with Gasteiger partial charge in [0.2, 0.25) is 0 Å². The minimum Gasteiger partial charge on any atom is -0.480 e. The highest BCUT2D eigenvalue weighted by molar-refractivity contribution is 5.97. The van der Waals surface area contributed by atoms with Crippen molar-refractivity contribution in [3.63, 3.8) is 0 Å². The van der Waals surface area contributed by atoms with Crippen LogP contribution >= 0.6 is 0 Å². The van der Waals surface area contributed by atoms with Gasteiger partial charge in [0.15, 0.2) is 0 Å². The summed E-state index contributed by atoms with van der Waals surface area (Å²) in [6, 6.07) is 17.6. The summed E-state index contributed by atoms with van der Waals surface area (Å²) in [7, 11) is 0. The second-order valence-electron chi connectivity index (χ2n) is 4.98. The van der Waals surface area contributed by atoms with E-state index in [0.29, 0.717) is 0 Å². The van der Waals surface area contributed by atoms with Gasteiger partial charge >= 0.3 is 5.97 Å². The van der Waals surface area contributed by atoms with Gasteiger partial charge in [-0.15, -0.1) is 0 Å². The zero-order valence-corrected chi connectivity index (χ0v) is 10.6. The van der Waals surface area contributed by atoms with E-state index in [1.165, 1.54) is 0 Å². The Morgan fingerprint density at radius 2 is 1.63 bits per heavy atom. The maximum absolute atomic E-state index is 11.6. The fourth-order valence-corrected chi connectivity index (χ4v) is 2.65. The third-order valence-corrected chi connectivity index (χ3v) is 3.74. The summed E-state index contributed by atoms with van der Waals surface area (Å²) in [4.78, 5) is 11.6. The highest BCUT2D eigenvalue weighted by Gasteiger charge is 2.40. The van der Waals surface area contributed by atoms with Gasteiger partial charge in [-0.3, -0.25) is 4.79 Å². The predicted octanol–water partition coefficient (Wildman–Crippen LogP) is 3.47. The molecule has 3 rings (SSSR count). The highest BCUT2D eigenvalue weighted by atomic mass is 16.4. The van der Waals surface area contributed by atoms with E-state index in [4.69, 9.17) is 0 Å². The van der Waals surface area contributed by atoms with Crippen LogP contribution in [0.1, 0.15) is 23.6 Å². The van der Waals surface area contributed by atoms with E-state index in [1.54, 1.807) is 6.92 Å². The maximum atomic E-state index is 11.6. The van der Waals surface area contributed by atoms with Crippen LogP contribution in [0.5, 0.6) is 0 Å². The van der Waals surface area contributed by atoms with E-state index < -0.39 is 11.4 Å². The molecule has 0 bridgehead atoms. The van der Waals surface area contributed by atoms with Gasteiger partial charge in [-0.25, -0.2) is 0 Å². The van der Waals surface area contributed by atoms with E-state index in [9.17, 15) is 9.90 Å². The molecule has 0 aromatic heterocycles. The molecule has 0 heterocycles. The van der Waals surface area contributed by atoms with Crippen molar-refractivity contribution < 1.29 is 9.90 Å². The molecule has 1 unspecified atom stereocenters. The Morgan fingerprint density at radius 1 is 1.00 bits per heavy atom. The molecule has 1 aliphatic rings. The number of carboxylic acid groups (broad SMARTS) is 1. The van der Waals surface area contributed by atoms with Gasteiger partial charge < -0.3 is 5.11 Å². The Morgan fingerprint density at radius 3 is 2.32 bits per heavy atom. The zero-order chi connectivity index (χ0) is 13.5. The average molecular weight is 250 g/mol. The van der Waals surface area contributed by atoms with Crippen molar-refractivity contribution >= 4 is 11.5 Å². The van der Waals surface area contributed by atoms with Crippen LogP contribution < -0.4 is 0 Å². The Hall–Kier alpha value is -2.35. The summed E-state index contributed by atoms with van der Waals surface area (Å²) >= 11 is 0. The van der Waals surface area contributed by atoms with Crippen molar-refractivity contribution in [2.45, 2.75) is 12.3 Å². The number of fused-ring (bicyclic) bond motifs is 1. The molecule has 2 nitrogen and oxygen atoms in total. The van der Waals surface area contributed by atoms with Crippen LogP contribution in [0.15, 0.2) is 60.7 Å². The summed E-state index contributed by atoms with van der Waals surface area (Å²) in [5.74, 6) is -0.814. The molecule has 19 heavy (non-hydrogen) atoms. The van der Waals surface area contributed by atoms with Crippen LogP contribution in [0.2, 0.25) is 0 Å². The third-order valence-electron chi connectivity index (χ3n) is 3.74. The topological polar surface area (TPSA) is 37.3 Å². The van der Waals surface area contributed by atoms with Crippen LogP contribution in [0.25, 0.3) is 5.57 Å². The van der Waals surface area contributed by atoms with Crippen LogP contribution in [0.4, 0.5) is 0 Å². The summed E-state index contributed by atoms with van der Waals surface area (Å²) in [6.45, 7) is 1.75. The largest absolute Gasteiger partial charge is 0.480 e. The van der Waals surface area contributed by atoms with Gasteiger partial charge in [0.25, 0.3) is 0 Å². The van der Waals surface area contributed by atoms with Crippen LogP contribution in [0, 0.1) is 0 Å². The van der Waals surface area contributed by atoms with Crippen molar-refractivity contribution in [3.8, 4) is 0 Å². The van der Waals surface area contributed by atoms with Gasteiger partial charge in [0, 0.05) is 0 Å². The van der Waals surface area contributed by atoms with Crippen molar-refractivity contribution in [2.24, 2.45) is 0 Å². The molecule has 0 radical (unpaired) electrons. The number of hydrogen-bond donors (Lipinski definition) is 1. The second kappa shape index (κ2) is 4.09. The summed E-state index contributed by atoms with van der Waals surface area (Å²) in [5.41, 5.74) is 2.99. The lowest BCUT2D eigenvalue weighted by Crippen LogP contribution is -2.28. The van der Waals surface area contributed by atoms with E-state index in [1.807, 2.05) is 60.7 Å². The SMILES string of the molecule is CC1(C(=O)O)C=C(c2ccccc2)c2ccccc21. The first-order valence-electron chi connectivity index (χ1n) is 6.24. The molecule has 2 aromatic rings. The van der Waals surface area contributed by atoms with Crippen molar-refractivity contribution in [1.29, 1.82) is 0 Å². The van der Waals surface area contributed by atoms with Gasteiger partial charge in [0.05, 0.1) is 0 Å². The lowest BCUT2D eigenvalue weighted by atomic mass is 9.85. The van der Waals surface area contributed by atoms with Crippen LogP contribution in [-0.2, 0) is 10.2 Å². The standard InChI is InChI=1S/C17H14O2/c1-17(16(18)19)11-14(12-7-3-2-4-8-12)13-9-5-6-10-15(13)17/h2-11H,1H3,(H,18,19). The van der Waals surface area contributed by atoms with Gasteiger partial charge in [0.1, 0.15) is 5.41 Å². The second-order valence-corrected chi connectivity index (χ2v) is 4.98. The fraction of sp³-hybridized carbons (Fsp3) is 0.118. The first kappa shape index (κ1) is 11.7. The Labute approximate surface area is 112 Å². The number of aliphatic carboxylic acids is 1. The smallest absolute Gasteiger partial charge is 0.317 e. The summed E-state index contributed by atoms with van der Waals surface area (Å²) in [5, 5.41) is 9.54. The molecule has 94 valence electrons. The van der Waals surface area contributed by atoms with Crippen molar-refractivity contribution in [3.05, 3.63) is 77.4 Å². The van der Waals surface area contributed by atoms with Gasteiger partial charge in [-0.2, -0.15) is 0 Å². The molecule has 1 aliphatic carbocycles. The number of hydrogen-bond acceptors (Lipinski definition) is 1. The fourth-order valence-electron chi connectivity index (χ4n) is 2.65. The lowest BCUT2D eigenvalue weighted by Gasteiger charge is -2.17. The minimum atomic E-state index is -0.943. The first-order chi connectivity index (χ1) is 9.13. The minimum absolute atomic E-state index is 0.814. The molecule has 0 fully saturated rings. The van der Waals surface area contributed by atoms with Crippen molar-refractivity contribution in [1.82, 2.24) is 0 Å². The number of rotatable bonds is 2. The van der Waals surface area contributed by atoms with E-state index in [0.717, 1.165) is 22.3 Å². The molecule has 0 amide bonds. The summed E-state index contributed by atoms with van der Waals surface area (Å²) in [6.07, 6.45) is 1.86. The Balaban J connectivity index is 2.25. The maximum Gasteiger partial charge on any atom is 0.317 e. The normalized spacial score (nSPS) is 20.8. The van der Waals surface area contributed by atoms with Gasteiger partial charge in [-0.1, -0.05) is 60.7 Å². The highest BCUT2D eigenvalue weighted by Crippen LogP contribution is 2.43. The molecule has 2 heteroatoms. The number of carbonyl (C=O) groups is 1. The molecule has 1 N–H and O–H groups in total. The number of benzene rings is 2. The summed E-state index contributed by atoms with van der Waals surface area (Å²) < 4.78 is 0. The molecule has 0 spiro atoms. The Bertz CT molecular complexity index is 671. The van der Waals surface area contributed by atoms with E-state index in [-0.39, 0.29) is 0 Å². The van der Waals surface area contributed by atoms with Crippen LogP contribution in [0.3, 0.4) is 0 Å². The molecule has 0 aliphatic heterocycles. The molecular formula is C17H14O2.